The molecule has 0 aromatic heterocycles. The van der Waals surface area contributed by atoms with Crippen molar-refractivity contribution >= 4 is 11.4 Å². The molecule has 2 rings (SSSR count). The topological polar surface area (TPSA) is 49.9 Å². The Balaban J connectivity index is 2.37. The van der Waals surface area contributed by atoms with Gasteiger partial charge in [-0.05, 0) is 23.6 Å². The number of nitrogens with two attached hydrogens (primary N) is 1. The third-order valence-electron chi connectivity index (χ3n) is 2.93. The van der Waals surface area contributed by atoms with E-state index in [1.807, 2.05) is 67.6 Å². The molecule has 0 aliphatic rings. The maximum absolute atomic E-state index is 8.18. The third-order valence-corrected chi connectivity index (χ3v) is 2.93. The fourth-order valence-corrected chi connectivity index (χ4v) is 1.79. The molecule has 0 heterocycles. The molecule has 0 fully saturated rings. The first-order valence-electron chi connectivity index (χ1n) is 5.86. The van der Waals surface area contributed by atoms with E-state index in [4.69, 9.17) is 11.1 Å². The average Bonchev–Trinajstić information content (AvgIpc) is 2.47. The van der Waals surface area contributed by atoms with Crippen LogP contribution in [0.3, 0.4) is 0 Å². The van der Waals surface area contributed by atoms with Gasteiger partial charge in [0.1, 0.15) is 0 Å². The van der Waals surface area contributed by atoms with E-state index >= 15 is 0 Å². The molecule has 3 N–H and O–H groups in total. The maximum Gasteiger partial charge on any atom is 0.0662 e. The lowest BCUT2D eigenvalue weighted by molar-refractivity contribution is 1.39. The van der Waals surface area contributed by atoms with Crippen molar-refractivity contribution in [3.05, 3.63) is 77.4 Å². The minimum Gasteiger partial charge on any atom is -0.398 e. The lowest BCUT2D eigenvalue weighted by Crippen LogP contribution is -2.08. The maximum atomic E-state index is 8.18. The van der Waals surface area contributed by atoms with Crippen molar-refractivity contribution in [1.29, 1.82) is 5.41 Å². The Labute approximate surface area is 107 Å². The Hall–Kier alpha value is -2.35. The van der Waals surface area contributed by atoms with E-state index in [2.05, 4.69) is 0 Å². The number of allylic oxidation sites excluding steroid dienone is 1. The molecule has 2 aromatic rings. The van der Waals surface area contributed by atoms with Gasteiger partial charge in [0.2, 0.25) is 0 Å². The summed E-state index contributed by atoms with van der Waals surface area (Å²) in [4.78, 5) is 0. The second-order valence-electron chi connectivity index (χ2n) is 4.15. The van der Waals surface area contributed by atoms with Gasteiger partial charge < -0.3 is 5.73 Å². The van der Waals surface area contributed by atoms with Crippen LogP contribution in [0.25, 0.3) is 5.70 Å². The SMILES string of the molecule is C/C(C(=N)c1ccccc1)=C(/N)c1ccccc1. The zero-order valence-electron chi connectivity index (χ0n) is 10.4. The predicted octanol–water partition coefficient (Wildman–Crippen LogP) is 3.44. The number of rotatable bonds is 3. The van der Waals surface area contributed by atoms with Gasteiger partial charge in [-0.1, -0.05) is 60.7 Å². The van der Waals surface area contributed by atoms with Crippen LogP contribution in [0.5, 0.6) is 0 Å². The number of benzene rings is 2. The zero-order chi connectivity index (χ0) is 13.0. The van der Waals surface area contributed by atoms with E-state index in [9.17, 15) is 0 Å². The van der Waals surface area contributed by atoms with E-state index in [1.165, 1.54) is 0 Å². The zero-order valence-corrected chi connectivity index (χ0v) is 10.4. The Bertz CT molecular complexity index is 569. The van der Waals surface area contributed by atoms with Gasteiger partial charge in [-0.15, -0.1) is 0 Å². The Morgan fingerprint density at radius 1 is 0.833 bits per heavy atom. The first-order chi connectivity index (χ1) is 8.70. The van der Waals surface area contributed by atoms with Gasteiger partial charge in [0.05, 0.1) is 5.71 Å². The Kier molecular flexibility index (Phi) is 3.58. The molecule has 0 atom stereocenters. The van der Waals surface area contributed by atoms with Crippen LogP contribution in [0.4, 0.5) is 0 Å². The molecule has 90 valence electrons. The van der Waals surface area contributed by atoms with E-state index < -0.39 is 0 Å². The van der Waals surface area contributed by atoms with Crippen molar-refractivity contribution in [2.75, 3.05) is 0 Å². The van der Waals surface area contributed by atoms with E-state index in [1.54, 1.807) is 0 Å². The molecule has 18 heavy (non-hydrogen) atoms. The van der Waals surface area contributed by atoms with Crippen LogP contribution in [-0.4, -0.2) is 5.71 Å². The van der Waals surface area contributed by atoms with Crippen molar-refractivity contribution < 1.29 is 0 Å². The first-order valence-corrected chi connectivity index (χ1v) is 5.86. The van der Waals surface area contributed by atoms with Gasteiger partial charge in [-0.2, -0.15) is 0 Å². The van der Waals surface area contributed by atoms with Crippen LogP contribution < -0.4 is 5.73 Å². The van der Waals surface area contributed by atoms with Gasteiger partial charge in [0, 0.05) is 5.70 Å². The Morgan fingerprint density at radius 3 is 1.78 bits per heavy atom. The minimum absolute atomic E-state index is 0.469. The minimum atomic E-state index is 0.469. The normalized spacial score (nSPS) is 11.8. The molecule has 0 bridgehead atoms. The van der Waals surface area contributed by atoms with Gasteiger partial charge in [-0.3, -0.25) is 5.41 Å². The fraction of sp³-hybridized carbons (Fsp3) is 0.0625. The van der Waals surface area contributed by atoms with E-state index in [0.717, 1.165) is 16.7 Å². The number of nitrogens with one attached hydrogen (secondary N) is 1. The highest BCUT2D eigenvalue weighted by Gasteiger charge is 2.08. The molecule has 0 aliphatic heterocycles. The quantitative estimate of drug-likeness (QED) is 0.788. The number of hydrogen-bond donors (Lipinski definition) is 2. The summed E-state index contributed by atoms with van der Waals surface area (Å²) in [5.41, 5.74) is 9.88. The molecule has 2 nitrogen and oxygen atoms in total. The van der Waals surface area contributed by atoms with Gasteiger partial charge in [0.25, 0.3) is 0 Å². The second-order valence-corrected chi connectivity index (χ2v) is 4.15. The van der Waals surface area contributed by atoms with E-state index in [-0.39, 0.29) is 0 Å². The molecule has 0 unspecified atom stereocenters. The third kappa shape index (κ3) is 2.48. The van der Waals surface area contributed by atoms with E-state index in [0.29, 0.717) is 11.4 Å². The average molecular weight is 236 g/mol. The van der Waals surface area contributed by atoms with Crippen molar-refractivity contribution in [1.82, 2.24) is 0 Å². The first kappa shape index (κ1) is 12.1. The molecule has 0 amide bonds. The van der Waals surface area contributed by atoms with Crippen molar-refractivity contribution in [3.8, 4) is 0 Å². The summed E-state index contributed by atoms with van der Waals surface area (Å²) in [5, 5.41) is 8.18. The van der Waals surface area contributed by atoms with Crippen molar-refractivity contribution in [2.45, 2.75) is 6.92 Å². The van der Waals surface area contributed by atoms with Crippen LogP contribution in [0.15, 0.2) is 66.2 Å². The summed E-state index contributed by atoms with van der Waals surface area (Å²) in [6.07, 6.45) is 0. The largest absolute Gasteiger partial charge is 0.398 e. The van der Waals surface area contributed by atoms with Crippen molar-refractivity contribution in [3.63, 3.8) is 0 Å². The lowest BCUT2D eigenvalue weighted by Gasteiger charge is -2.09. The molecule has 0 spiro atoms. The smallest absolute Gasteiger partial charge is 0.0662 e. The summed E-state index contributed by atoms with van der Waals surface area (Å²) < 4.78 is 0. The summed E-state index contributed by atoms with van der Waals surface area (Å²) in [6.45, 7) is 1.89. The van der Waals surface area contributed by atoms with Gasteiger partial charge in [-0.25, -0.2) is 0 Å². The van der Waals surface area contributed by atoms with Crippen LogP contribution in [0.2, 0.25) is 0 Å². The highest BCUT2D eigenvalue weighted by molar-refractivity contribution is 6.14. The molecule has 0 radical (unpaired) electrons. The number of hydrogen-bond acceptors (Lipinski definition) is 2. The highest BCUT2D eigenvalue weighted by atomic mass is 14.6. The molecule has 2 heteroatoms. The Morgan fingerprint density at radius 2 is 1.28 bits per heavy atom. The second kappa shape index (κ2) is 5.32. The monoisotopic (exact) mass is 236 g/mol. The molecule has 0 saturated carbocycles. The van der Waals surface area contributed by atoms with Gasteiger partial charge >= 0.3 is 0 Å². The van der Waals surface area contributed by atoms with Crippen molar-refractivity contribution in [2.24, 2.45) is 5.73 Å². The standard InChI is InChI=1S/C16H16N2/c1-12(15(17)13-8-4-2-5-9-13)16(18)14-10-6-3-7-11-14/h2-11,17H,18H2,1H3/b16-12-,17-15?. The summed E-state index contributed by atoms with van der Waals surface area (Å²) in [5.74, 6) is 0. The van der Waals surface area contributed by atoms with Crippen LogP contribution in [0.1, 0.15) is 18.1 Å². The summed E-state index contributed by atoms with van der Waals surface area (Å²) in [6, 6.07) is 19.4. The highest BCUT2D eigenvalue weighted by Crippen LogP contribution is 2.16. The molecular weight excluding hydrogens is 220 g/mol. The van der Waals surface area contributed by atoms with Crippen LogP contribution in [-0.2, 0) is 0 Å². The molecule has 2 aromatic carbocycles. The molecular formula is C16H16N2. The molecule has 0 saturated heterocycles. The van der Waals surface area contributed by atoms with Crippen LogP contribution in [0, 0.1) is 5.41 Å². The summed E-state index contributed by atoms with van der Waals surface area (Å²) in [7, 11) is 0. The van der Waals surface area contributed by atoms with Crippen LogP contribution >= 0.6 is 0 Å². The molecule has 0 aliphatic carbocycles. The lowest BCUT2D eigenvalue weighted by atomic mass is 9.99. The fourth-order valence-electron chi connectivity index (χ4n) is 1.79. The summed E-state index contributed by atoms with van der Waals surface area (Å²) >= 11 is 0. The van der Waals surface area contributed by atoms with Gasteiger partial charge in [0.15, 0.2) is 0 Å². The predicted molar refractivity (Wildman–Crippen MR) is 76.5 cm³/mol.